The Morgan fingerprint density at radius 2 is 0.922 bits per heavy atom. The zero-order valence-electron chi connectivity index (χ0n) is 37.1. The standard InChI is InChI=1S/C47H56F2N8O7/c1-29(2)27-50-41-11-9-35(56(61)62)25-37(41)46(59)54-19-15-52(16-20-54)43-13-7-33(23-39(43)48)31(5)45(58)32(6)34-8-14-44(40(49)24-34)53-17-21-55(22-18-53)47(60)38-26-36(57(63)64)10-12-42(38)51-28-30(3)4/h7-14,23-26,29-32,50-51H,15-22,27-28H2,1-6H3. The summed E-state index contributed by atoms with van der Waals surface area (Å²) in [5.74, 6) is -2.81. The summed E-state index contributed by atoms with van der Waals surface area (Å²) >= 11 is 0. The Bertz CT molecular complexity index is 2230. The number of Topliss-reactive ketones (excluding diaryl/α,β-unsaturated/α-hetero) is 1. The van der Waals surface area contributed by atoms with E-state index in [0.29, 0.717) is 73.1 Å². The molecule has 2 heterocycles. The second-order valence-corrected chi connectivity index (χ2v) is 17.3. The van der Waals surface area contributed by atoms with Crippen LogP contribution in [-0.4, -0.2) is 103 Å². The highest BCUT2D eigenvalue weighted by Gasteiger charge is 2.30. The van der Waals surface area contributed by atoms with Gasteiger partial charge < -0.3 is 30.2 Å². The number of halogens is 2. The minimum Gasteiger partial charge on any atom is -0.384 e. The fourth-order valence-corrected chi connectivity index (χ4v) is 8.02. The van der Waals surface area contributed by atoms with E-state index >= 15 is 8.78 Å². The van der Waals surface area contributed by atoms with Gasteiger partial charge in [0.1, 0.15) is 17.4 Å². The van der Waals surface area contributed by atoms with Crippen molar-refractivity contribution >= 4 is 51.7 Å². The number of piperazine rings is 2. The van der Waals surface area contributed by atoms with Crippen molar-refractivity contribution in [3.05, 3.63) is 127 Å². The van der Waals surface area contributed by atoms with Crippen LogP contribution in [0, 0.1) is 43.7 Å². The number of ketones is 1. The van der Waals surface area contributed by atoms with Crippen molar-refractivity contribution in [1.82, 2.24) is 9.80 Å². The number of nitro groups is 2. The molecule has 0 bridgehead atoms. The SMILES string of the molecule is CC(C)CNc1ccc([N+](=O)[O-])cc1C(=O)N1CCN(c2ccc(C(C)C(=O)C(C)c3ccc(N4CCN(C(=O)c5cc([N+](=O)[O-])ccc5NCC(C)C)CC4)c(F)c3)cc2F)CC1. The van der Waals surface area contributed by atoms with Crippen molar-refractivity contribution in [2.75, 3.05) is 85.9 Å². The van der Waals surface area contributed by atoms with E-state index in [1.54, 1.807) is 60.0 Å². The molecule has 2 aliphatic rings. The number of hydrogen-bond acceptors (Lipinski definition) is 11. The predicted octanol–water partition coefficient (Wildman–Crippen LogP) is 8.32. The number of hydrogen-bond donors (Lipinski definition) is 2. The van der Waals surface area contributed by atoms with Crippen molar-refractivity contribution in [3.63, 3.8) is 0 Å². The van der Waals surface area contributed by atoms with Crippen LogP contribution < -0.4 is 20.4 Å². The van der Waals surface area contributed by atoms with Gasteiger partial charge in [-0.25, -0.2) is 8.78 Å². The van der Waals surface area contributed by atoms with E-state index in [-0.39, 0.29) is 78.1 Å². The fourth-order valence-electron chi connectivity index (χ4n) is 8.02. The molecule has 4 aromatic carbocycles. The van der Waals surface area contributed by atoms with E-state index in [9.17, 15) is 34.6 Å². The summed E-state index contributed by atoms with van der Waals surface area (Å²) in [7, 11) is 0. The van der Waals surface area contributed by atoms with Gasteiger partial charge in [-0.3, -0.25) is 34.6 Å². The first-order chi connectivity index (χ1) is 30.4. The predicted molar refractivity (Wildman–Crippen MR) is 244 cm³/mol. The van der Waals surface area contributed by atoms with Crippen LogP contribution in [0.3, 0.4) is 0 Å². The molecular weight excluding hydrogens is 827 g/mol. The van der Waals surface area contributed by atoms with Crippen LogP contribution >= 0.6 is 0 Å². The van der Waals surface area contributed by atoms with Gasteiger partial charge in [0.15, 0.2) is 0 Å². The molecule has 4 aromatic rings. The van der Waals surface area contributed by atoms with Crippen molar-refractivity contribution in [3.8, 4) is 0 Å². The van der Waals surface area contributed by atoms with Crippen LogP contribution in [0.4, 0.5) is 42.9 Å². The van der Waals surface area contributed by atoms with E-state index in [2.05, 4.69) is 10.6 Å². The molecule has 0 saturated carbocycles. The molecule has 2 fully saturated rings. The largest absolute Gasteiger partial charge is 0.384 e. The van der Waals surface area contributed by atoms with Crippen molar-refractivity contribution in [2.45, 2.75) is 53.4 Å². The van der Waals surface area contributed by atoms with Gasteiger partial charge in [0, 0.05) is 113 Å². The third-order valence-corrected chi connectivity index (χ3v) is 11.9. The number of rotatable bonds is 16. The number of nitro benzene ring substituents is 2. The normalized spacial score (nSPS) is 15.3. The summed E-state index contributed by atoms with van der Waals surface area (Å²) in [4.78, 5) is 69.8. The molecule has 0 aliphatic carbocycles. The van der Waals surface area contributed by atoms with Crippen molar-refractivity contribution < 1.29 is 33.0 Å². The van der Waals surface area contributed by atoms with Gasteiger partial charge in [-0.05, 0) is 59.4 Å². The second-order valence-electron chi connectivity index (χ2n) is 17.3. The molecule has 340 valence electrons. The van der Waals surface area contributed by atoms with E-state index in [1.807, 2.05) is 37.5 Å². The Labute approximate surface area is 371 Å². The zero-order chi connectivity index (χ0) is 46.4. The summed E-state index contributed by atoms with van der Waals surface area (Å²) < 4.78 is 31.5. The minimum atomic E-state index is -0.707. The Kier molecular flexibility index (Phi) is 14.8. The maximum absolute atomic E-state index is 15.8. The molecule has 64 heavy (non-hydrogen) atoms. The smallest absolute Gasteiger partial charge is 0.270 e. The summed E-state index contributed by atoms with van der Waals surface area (Å²) in [6, 6.07) is 17.7. The van der Waals surface area contributed by atoms with Crippen LogP contribution in [0.15, 0.2) is 72.8 Å². The summed E-state index contributed by atoms with van der Waals surface area (Å²) in [6.45, 7) is 15.0. The van der Waals surface area contributed by atoms with Gasteiger partial charge in [-0.2, -0.15) is 0 Å². The van der Waals surface area contributed by atoms with Crippen LogP contribution in [-0.2, 0) is 4.79 Å². The number of non-ortho nitro benzene ring substituents is 2. The topological polar surface area (TPSA) is 175 Å². The fraction of sp³-hybridized carbons (Fsp3) is 0.426. The number of nitrogens with one attached hydrogen (secondary N) is 2. The van der Waals surface area contributed by atoms with Crippen LogP contribution in [0.25, 0.3) is 0 Å². The third kappa shape index (κ3) is 10.7. The molecule has 2 amide bonds. The van der Waals surface area contributed by atoms with Gasteiger partial charge in [0.2, 0.25) is 0 Å². The molecule has 17 heteroatoms. The summed E-state index contributed by atoms with van der Waals surface area (Å²) in [5, 5.41) is 29.4. The molecule has 2 saturated heterocycles. The molecule has 2 aliphatic heterocycles. The van der Waals surface area contributed by atoms with E-state index in [0.717, 1.165) is 0 Å². The first kappa shape index (κ1) is 46.8. The number of carbonyl (C=O) groups is 3. The Balaban J connectivity index is 1.05. The van der Waals surface area contributed by atoms with Crippen LogP contribution in [0.5, 0.6) is 0 Å². The minimum absolute atomic E-state index is 0.183. The first-order valence-corrected chi connectivity index (χ1v) is 21.7. The molecule has 15 nitrogen and oxygen atoms in total. The zero-order valence-corrected chi connectivity index (χ0v) is 37.1. The van der Waals surface area contributed by atoms with Crippen LogP contribution in [0.1, 0.15) is 85.2 Å². The van der Waals surface area contributed by atoms with E-state index in [1.165, 1.54) is 36.4 Å². The lowest BCUT2D eigenvalue weighted by atomic mass is 9.85. The van der Waals surface area contributed by atoms with Gasteiger partial charge in [0.05, 0.1) is 32.3 Å². The van der Waals surface area contributed by atoms with Crippen molar-refractivity contribution in [1.29, 1.82) is 0 Å². The molecule has 2 unspecified atom stereocenters. The maximum atomic E-state index is 15.8. The molecule has 0 radical (unpaired) electrons. The number of benzene rings is 4. The monoisotopic (exact) mass is 882 g/mol. The van der Waals surface area contributed by atoms with Crippen molar-refractivity contribution in [2.24, 2.45) is 11.8 Å². The van der Waals surface area contributed by atoms with Gasteiger partial charge in [0.25, 0.3) is 23.2 Å². The maximum Gasteiger partial charge on any atom is 0.270 e. The van der Waals surface area contributed by atoms with Crippen LogP contribution in [0.2, 0.25) is 0 Å². The first-order valence-electron chi connectivity index (χ1n) is 21.7. The number of nitrogens with zero attached hydrogens (tertiary/aromatic N) is 6. The molecule has 6 rings (SSSR count). The molecule has 2 N–H and O–H groups in total. The van der Waals surface area contributed by atoms with E-state index < -0.39 is 33.3 Å². The summed E-state index contributed by atoms with van der Waals surface area (Å²) in [5.41, 5.74) is 2.67. The van der Waals surface area contributed by atoms with Gasteiger partial charge in [-0.15, -0.1) is 0 Å². The Morgan fingerprint density at radius 3 is 1.23 bits per heavy atom. The molecule has 0 spiro atoms. The lowest BCUT2D eigenvalue weighted by molar-refractivity contribution is -0.385. The second kappa shape index (κ2) is 20.2. The van der Waals surface area contributed by atoms with E-state index in [4.69, 9.17) is 0 Å². The highest BCUT2D eigenvalue weighted by atomic mass is 19.1. The molecule has 2 atom stereocenters. The number of amides is 2. The molecular formula is C47H56F2N8O7. The third-order valence-electron chi connectivity index (χ3n) is 11.9. The van der Waals surface area contributed by atoms with Gasteiger partial charge >= 0.3 is 0 Å². The number of anilines is 4. The average molecular weight is 883 g/mol. The number of carbonyl (C=O) groups excluding carboxylic acids is 3. The summed E-state index contributed by atoms with van der Waals surface area (Å²) in [6.07, 6.45) is 0. The lowest BCUT2D eigenvalue weighted by Gasteiger charge is -2.36. The average Bonchev–Trinajstić information content (AvgIpc) is 3.28. The Hall–Kier alpha value is -6.65. The van der Waals surface area contributed by atoms with Gasteiger partial charge in [-0.1, -0.05) is 53.7 Å². The highest BCUT2D eigenvalue weighted by Crippen LogP contribution is 2.33. The lowest BCUT2D eigenvalue weighted by Crippen LogP contribution is -2.49. The quantitative estimate of drug-likeness (QED) is 0.0818. The molecule has 0 aromatic heterocycles. The Morgan fingerprint density at radius 1 is 0.562 bits per heavy atom. The highest BCUT2D eigenvalue weighted by molar-refractivity contribution is 6.01.